The highest BCUT2D eigenvalue weighted by Crippen LogP contribution is 2.36. The van der Waals surface area contributed by atoms with E-state index in [-0.39, 0.29) is 6.61 Å². The number of hydrogen-bond donors (Lipinski definition) is 2. The van der Waals surface area contributed by atoms with Crippen LogP contribution in [-0.4, -0.2) is 42.9 Å². The smallest absolute Gasteiger partial charge is 0.111 e. The van der Waals surface area contributed by atoms with Crippen molar-refractivity contribution in [2.75, 3.05) is 6.61 Å². The zero-order valence-electron chi connectivity index (χ0n) is 6.77. The van der Waals surface area contributed by atoms with E-state index in [0.717, 1.165) is 0 Å². The molecule has 4 nitrogen and oxygen atoms in total. The minimum absolute atomic E-state index is 0.327. The van der Waals surface area contributed by atoms with Crippen molar-refractivity contribution in [2.24, 2.45) is 5.41 Å². The lowest BCUT2D eigenvalue weighted by molar-refractivity contribution is -0.00604. The molecule has 2 N–H and O–H groups in total. The molecule has 1 fully saturated rings. The molecule has 1 saturated heterocycles. The summed E-state index contributed by atoms with van der Waals surface area (Å²) < 4.78 is 4.98. The fourth-order valence-corrected chi connectivity index (χ4v) is 1.23. The summed E-state index contributed by atoms with van der Waals surface area (Å²) in [6, 6.07) is 1.05. The van der Waals surface area contributed by atoms with E-state index in [9.17, 15) is 5.11 Å². The van der Waals surface area contributed by atoms with Gasteiger partial charge in [-0.1, -0.05) is 0 Å². The van der Waals surface area contributed by atoms with Crippen LogP contribution >= 0.6 is 0 Å². The molecule has 0 bridgehead atoms. The van der Waals surface area contributed by atoms with E-state index in [1.807, 2.05) is 6.07 Å². The average molecular weight is 167 g/mol. The fourth-order valence-electron chi connectivity index (χ4n) is 1.23. The summed E-state index contributed by atoms with van der Waals surface area (Å²) in [5.41, 5.74) is -1.12. The molecule has 5 heteroatoms. The Labute approximate surface area is 72.2 Å². The van der Waals surface area contributed by atoms with Crippen LogP contribution in [0, 0.1) is 16.7 Å². The summed E-state index contributed by atoms with van der Waals surface area (Å²) in [6.07, 6.45) is -1.77. The number of hydrogen-bond acceptors (Lipinski definition) is 4. The van der Waals surface area contributed by atoms with Crippen LogP contribution in [0.4, 0.5) is 0 Å². The third kappa shape index (κ3) is 1.12. The van der Waals surface area contributed by atoms with Gasteiger partial charge in [0.05, 0.1) is 12.7 Å². The van der Waals surface area contributed by atoms with Crippen LogP contribution in [0.2, 0.25) is 0 Å². The second-order valence-electron chi connectivity index (χ2n) is 3.12. The van der Waals surface area contributed by atoms with Crippen LogP contribution < -0.4 is 0 Å². The van der Waals surface area contributed by atoms with E-state index in [4.69, 9.17) is 23.0 Å². The van der Waals surface area contributed by atoms with Gasteiger partial charge < -0.3 is 14.9 Å². The summed E-state index contributed by atoms with van der Waals surface area (Å²) >= 11 is 0. The predicted octanol–water partition coefficient (Wildman–Crippen LogP) is -1.24. The number of ether oxygens (including phenoxy) is 1. The van der Waals surface area contributed by atoms with Gasteiger partial charge in [0.15, 0.2) is 0 Å². The topological polar surface area (TPSA) is 73.5 Å². The standard InChI is InChI=1S/C7H10BNO3/c1-7(3-9)5(11)4(2-10)12-6(7)8/h4-6,10-11H,2H2,1H3/t4?,5-,6-,7-/m1/s1. The molecule has 1 aliphatic heterocycles. The second kappa shape index (κ2) is 3.06. The maximum atomic E-state index is 9.49. The van der Waals surface area contributed by atoms with Gasteiger partial charge in [0.1, 0.15) is 25.5 Å². The van der Waals surface area contributed by atoms with E-state index in [2.05, 4.69) is 0 Å². The molecule has 4 atom stereocenters. The third-order valence-corrected chi connectivity index (χ3v) is 2.30. The first-order chi connectivity index (χ1) is 5.56. The van der Waals surface area contributed by atoms with Crippen molar-refractivity contribution in [3.8, 4) is 6.07 Å². The minimum atomic E-state index is -1.12. The lowest BCUT2D eigenvalue weighted by Crippen LogP contribution is -2.38. The highest BCUT2D eigenvalue weighted by Gasteiger charge is 2.50. The molecule has 0 saturated carbocycles. The van der Waals surface area contributed by atoms with Gasteiger partial charge in [-0.2, -0.15) is 5.26 Å². The van der Waals surface area contributed by atoms with E-state index in [1.54, 1.807) is 0 Å². The Hall–Kier alpha value is -0.565. The lowest BCUT2D eigenvalue weighted by atomic mass is 9.73. The van der Waals surface area contributed by atoms with Gasteiger partial charge in [-0.3, -0.25) is 0 Å². The first kappa shape index (κ1) is 9.52. The monoisotopic (exact) mass is 167 g/mol. The lowest BCUT2D eigenvalue weighted by Gasteiger charge is -2.22. The fraction of sp³-hybridized carbons (Fsp3) is 0.857. The summed E-state index contributed by atoms with van der Waals surface area (Å²) in [7, 11) is 5.46. The van der Waals surface area contributed by atoms with Crippen molar-refractivity contribution in [1.29, 1.82) is 5.26 Å². The first-order valence-electron chi connectivity index (χ1n) is 3.67. The maximum Gasteiger partial charge on any atom is 0.111 e. The molecular formula is C7H10BNO3. The van der Waals surface area contributed by atoms with Crippen molar-refractivity contribution in [3.63, 3.8) is 0 Å². The van der Waals surface area contributed by atoms with Crippen LogP contribution in [0.1, 0.15) is 6.92 Å². The van der Waals surface area contributed by atoms with Gasteiger partial charge in [0.25, 0.3) is 0 Å². The Balaban J connectivity index is 2.85. The molecule has 2 radical (unpaired) electrons. The SMILES string of the molecule is [B][C@@H]1OC(CO)[C@@H](O)[C@@]1(C)C#N. The molecule has 12 heavy (non-hydrogen) atoms. The molecule has 0 aromatic carbocycles. The van der Waals surface area contributed by atoms with Crippen LogP contribution in [-0.2, 0) is 4.74 Å². The van der Waals surface area contributed by atoms with Crippen LogP contribution in [0.5, 0.6) is 0 Å². The number of nitrogens with zero attached hydrogens (tertiary/aromatic N) is 1. The Bertz CT molecular complexity index is 217. The van der Waals surface area contributed by atoms with Gasteiger partial charge in [0.2, 0.25) is 0 Å². The molecule has 1 aliphatic rings. The highest BCUT2D eigenvalue weighted by molar-refractivity contribution is 6.12. The van der Waals surface area contributed by atoms with Crippen molar-refractivity contribution >= 4 is 7.85 Å². The molecule has 0 spiro atoms. The van der Waals surface area contributed by atoms with Gasteiger partial charge in [-0.15, -0.1) is 0 Å². The molecule has 0 aromatic rings. The molecule has 0 aliphatic carbocycles. The van der Waals surface area contributed by atoms with Gasteiger partial charge in [-0.25, -0.2) is 0 Å². The van der Waals surface area contributed by atoms with Crippen molar-refractivity contribution in [3.05, 3.63) is 0 Å². The van der Waals surface area contributed by atoms with Gasteiger partial charge in [0, 0.05) is 6.00 Å². The normalized spacial score (nSPS) is 47.3. The summed E-state index contributed by atoms with van der Waals surface area (Å²) in [5, 5.41) is 27.0. The molecule has 64 valence electrons. The number of rotatable bonds is 1. The van der Waals surface area contributed by atoms with Crippen LogP contribution in [0.3, 0.4) is 0 Å². The number of aliphatic hydroxyl groups is 2. The van der Waals surface area contributed by atoms with Crippen LogP contribution in [0.25, 0.3) is 0 Å². The zero-order chi connectivity index (χ0) is 9.35. The van der Waals surface area contributed by atoms with E-state index < -0.39 is 23.6 Å². The molecule has 0 aromatic heterocycles. The molecule has 1 rings (SSSR count). The zero-order valence-corrected chi connectivity index (χ0v) is 6.77. The Morgan fingerprint density at radius 3 is 2.58 bits per heavy atom. The van der Waals surface area contributed by atoms with E-state index in [1.165, 1.54) is 6.92 Å². The van der Waals surface area contributed by atoms with Crippen LogP contribution in [0.15, 0.2) is 0 Å². The predicted molar refractivity (Wildman–Crippen MR) is 41.2 cm³/mol. The first-order valence-corrected chi connectivity index (χ1v) is 3.67. The van der Waals surface area contributed by atoms with Gasteiger partial charge in [-0.05, 0) is 6.92 Å². The maximum absolute atomic E-state index is 9.49. The quantitative estimate of drug-likeness (QED) is 0.479. The summed E-state index contributed by atoms with van der Waals surface area (Å²) in [5.74, 6) is 0. The Morgan fingerprint density at radius 2 is 2.33 bits per heavy atom. The van der Waals surface area contributed by atoms with E-state index in [0.29, 0.717) is 0 Å². The highest BCUT2D eigenvalue weighted by atomic mass is 16.5. The third-order valence-electron chi connectivity index (χ3n) is 2.30. The number of aliphatic hydroxyl groups excluding tert-OH is 2. The van der Waals surface area contributed by atoms with E-state index >= 15 is 0 Å². The van der Waals surface area contributed by atoms with Crippen molar-refractivity contribution in [1.82, 2.24) is 0 Å². The van der Waals surface area contributed by atoms with Gasteiger partial charge >= 0.3 is 0 Å². The molecular weight excluding hydrogens is 157 g/mol. The summed E-state index contributed by atoms with van der Waals surface area (Å²) in [4.78, 5) is 0. The summed E-state index contributed by atoms with van der Waals surface area (Å²) in [6.45, 7) is 1.18. The Kier molecular flexibility index (Phi) is 2.42. The second-order valence-corrected chi connectivity index (χ2v) is 3.12. The van der Waals surface area contributed by atoms with Crippen molar-refractivity contribution < 1.29 is 14.9 Å². The molecule has 1 unspecified atom stereocenters. The number of nitriles is 1. The largest absolute Gasteiger partial charge is 0.394 e. The van der Waals surface area contributed by atoms with Crippen molar-refractivity contribution in [2.45, 2.75) is 25.1 Å². The minimum Gasteiger partial charge on any atom is -0.394 e. The Morgan fingerprint density at radius 1 is 1.75 bits per heavy atom. The molecule has 1 heterocycles. The molecule has 0 amide bonds. The average Bonchev–Trinajstić information content (AvgIpc) is 2.30.